The van der Waals surface area contributed by atoms with Gasteiger partial charge in [0.15, 0.2) is 5.76 Å². The molecule has 33 heavy (non-hydrogen) atoms. The van der Waals surface area contributed by atoms with E-state index in [4.69, 9.17) is 8.83 Å². The molecule has 1 N–H and O–H groups in total. The van der Waals surface area contributed by atoms with Gasteiger partial charge in [0, 0.05) is 49.0 Å². The van der Waals surface area contributed by atoms with Crippen molar-refractivity contribution in [2.75, 3.05) is 36.4 Å². The average Bonchev–Trinajstić information content (AvgIpc) is 3.53. The van der Waals surface area contributed by atoms with Crippen LogP contribution in [-0.2, 0) is 4.79 Å². The number of para-hydroxylation sites is 1. The zero-order chi connectivity index (χ0) is 22.6. The van der Waals surface area contributed by atoms with E-state index in [9.17, 15) is 9.59 Å². The highest BCUT2D eigenvalue weighted by Crippen LogP contribution is 2.23. The maximum absolute atomic E-state index is 12.9. The molecule has 1 fully saturated rings. The predicted octanol–water partition coefficient (Wildman–Crippen LogP) is 4.64. The number of benzene rings is 2. The van der Waals surface area contributed by atoms with E-state index in [0.29, 0.717) is 30.3 Å². The second-order valence-electron chi connectivity index (χ2n) is 7.81. The van der Waals surface area contributed by atoms with Crippen LogP contribution in [0.15, 0.2) is 87.9 Å². The molecule has 1 aliphatic rings. The van der Waals surface area contributed by atoms with Gasteiger partial charge in [-0.1, -0.05) is 18.2 Å². The summed E-state index contributed by atoms with van der Waals surface area (Å²) < 4.78 is 10.9. The Morgan fingerprint density at radius 2 is 1.70 bits per heavy atom. The van der Waals surface area contributed by atoms with Crippen LogP contribution in [0.1, 0.15) is 16.3 Å². The summed E-state index contributed by atoms with van der Waals surface area (Å²) in [5.74, 6) is 0.702. The minimum Gasteiger partial charge on any atom is -0.465 e. The summed E-state index contributed by atoms with van der Waals surface area (Å²) in [4.78, 5) is 29.0. The summed E-state index contributed by atoms with van der Waals surface area (Å²) >= 11 is 0. The number of anilines is 2. The van der Waals surface area contributed by atoms with Gasteiger partial charge in [-0.05, 0) is 54.6 Å². The van der Waals surface area contributed by atoms with E-state index in [1.165, 1.54) is 6.08 Å². The fraction of sp³-hybridized carbons (Fsp3) is 0.154. The minimum absolute atomic E-state index is 0.0773. The van der Waals surface area contributed by atoms with Crippen LogP contribution in [0.3, 0.4) is 0 Å². The smallest absolute Gasteiger partial charge is 0.289 e. The number of amides is 2. The maximum atomic E-state index is 12.9. The molecule has 166 valence electrons. The van der Waals surface area contributed by atoms with Gasteiger partial charge < -0.3 is 24.0 Å². The lowest BCUT2D eigenvalue weighted by Gasteiger charge is -2.35. The number of piperazine rings is 1. The summed E-state index contributed by atoms with van der Waals surface area (Å²) in [6.45, 7) is 2.69. The van der Waals surface area contributed by atoms with Crippen molar-refractivity contribution in [2.24, 2.45) is 0 Å². The first-order valence-corrected chi connectivity index (χ1v) is 10.8. The molecule has 1 saturated heterocycles. The normalized spacial score (nSPS) is 14.2. The molecule has 5 rings (SSSR count). The highest BCUT2D eigenvalue weighted by molar-refractivity contribution is 6.01. The Bertz CT molecular complexity index is 1250. The molecule has 0 saturated carbocycles. The van der Waals surface area contributed by atoms with Crippen molar-refractivity contribution in [1.82, 2.24) is 4.90 Å². The van der Waals surface area contributed by atoms with Gasteiger partial charge in [0.05, 0.1) is 6.26 Å². The lowest BCUT2D eigenvalue weighted by atomic mass is 10.2. The van der Waals surface area contributed by atoms with Crippen LogP contribution in [0.5, 0.6) is 0 Å². The maximum Gasteiger partial charge on any atom is 0.289 e. The molecule has 3 heterocycles. The molecule has 7 heteroatoms. The standard InChI is InChI=1S/C26H23N3O4/c30-25(12-11-22-5-3-17-32-22)27-20-7-9-21(10-8-20)28-13-15-29(16-14-28)26(31)24-18-19-4-1-2-6-23(19)33-24/h1-12,17-18H,13-16H2,(H,27,30)/b12-11+. The van der Waals surface area contributed by atoms with Crippen molar-refractivity contribution in [1.29, 1.82) is 0 Å². The van der Waals surface area contributed by atoms with Crippen molar-refractivity contribution in [3.63, 3.8) is 0 Å². The van der Waals surface area contributed by atoms with Crippen LogP contribution in [0, 0.1) is 0 Å². The Hall–Kier alpha value is -4.26. The number of fused-ring (bicyclic) bond motifs is 1. The van der Waals surface area contributed by atoms with Gasteiger partial charge in [-0.15, -0.1) is 0 Å². The van der Waals surface area contributed by atoms with Crippen LogP contribution in [-0.4, -0.2) is 42.9 Å². The van der Waals surface area contributed by atoms with Crippen molar-refractivity contribution in [2.45, 2.75) is 0 Å². The number of furan rings is 2. The Balaban J connectivity index is 1.15. The third kappa shape index (κ3) is 4.67. The third-order valence-corrected chi connectivity index (χ3v) is 5.65. The van der Waals surface area contributed by atoms with E-state index in [1.807, 2.05) is 53.4 Å². The minimum atomic E-state index is -0.225. The molecule has 0 spiro atoms. The van der Waals surface area contributed by atoms with E-state index in [-0.39, 0.29) is 11.8 Å². The van der Waals surface area contributed by atoms with Crippen molar-refractivity contribution < 1.29 is 18.4 Å². The first-order chi connectivity index (χ1) is 16.2. The molecule has 2 aromatic carbocycles. The first kappa shape index (κ1) is 20.6. The molecule has 0 bridgehead atoms. The molecule has 7 nitrogen and oxygen atoms in total. The van der Waals surface area contributed by atoms with Crippen molar-refractivity contribution >= 4 is 40.2 Å². The van der Waals surface area contributed by atoms with Gasteiger partial charge in [-0.25, -0.2) is 0 Å². The Labute approximate surface area is 190 Å². The molecule has 0 unspecified atom stereocenters. The molecule has 1 aliphatic heterocycles. The quantitative estimate of drug-likeness (QED) is 0.457. The first-order valence-electron chi connectivity index (χ1n) is 10.8. The number of nitrogens with zero attached hydrogens (tertiary/aromatic N) is 2. The zero-order valence-corrected chi connectivity index (χ0v) is 17.9. The number of carbonyl (C=O) groups excluding carboxylic acids is 2. The van der Waals surface area contributed by atoms with E-state index < -0.39 is 0 Å². The monoisotopic (exact) mass is 441 g/mol. The van der Waals surface area contributed by atoms with Crippen LogP contribution in [0.2, 0.25) is 0 Å². The summed E-state index contributed by atoms with van der Waals surface area (Å²) in [6, 6.07) is 20.7. The molecule has 4 aromatic rings. The molecule has 2 aromatic heterocycles. The lowest BCUT2D eigenvalue weighted by molar-refractivity contribution is -0.111. The van der Waals surface area contributed by atoms with Gasteiger partial charge in [0.25, 0.3) is 5.91 Å². The third-order valence-electron chi connectivity index (χ3n) is 5.65. The van der Waals surface area contributed by atoms with Crippen molar-refractivity contribution in [3.8, 4) is 0 Å². The van der Waals surface area contributed by atoms with Crippen molar-refractivity contribution in [3.05, 3.63) is 90.6 Å². The highest BCUT2D eigenvalue weighted by Gasteiger charge is 2.24. The number of nitrogens with one attached hydrogen (secondary N) is 1. The van der Waals surface area contributed by atoms with Crippen LogP contribution >= 0.6 is 0 Å². The van der Waals surface area contributed by atoms with E-state index in [0.717, 1.165) is 29.7 Å². The van der Waals surface area contributed by atoms with Crippen LogP contribution in [0.25, 0.3) is 17.0 Å². The number of hydrogen-bond acceptors (Lipinski definition) is 5. The molecular weight excluding hydrogens is 418 g/mol. The number of rotatable bonds is 5. The molecule has 0 aliphatic carbocycles. The molecule has 0 radical (unpaired) electrons. The van der Waals surface area contributed by atoms with E-state index in [1.54, 1.807) is 30.5 Å². The summed E-state index contributed by atoms with van der Waals surface area (Å²) in [7, 11) is 0. The van der Waals surface area contributed by atoms with E-state index >= 15 is 0 Å². The largest absolute Gasteiger partial charge is 0.465 e. The summed E-state index contributed by atoms with van der Waals surface area (Å²) in [6.07, 6.45) is 4.62. The zero-order valence-electron chi connectivity index (χ0n) is 17.9. The Kier molecular flexibility index (Phi) is 5.68. The van der Waals surface area contributed by atoms with Gasteiger partial charge in [-0.3, -0.25) is 9.59 Å². The predicted molar refractivity (Wildman–Crippen MR) is 127 cm³/mol. The molecule has 0 atom stereocenters. The van der Waals surface area contributed by atoms with Gasteiger partial charge in [-0.2, -0.15) is 0 Å². The summed E-state index contributed by atoms with van der Waals surface area (Å²) in [5, 5.41) is 3.77. The fourth-order valence-electron chi connectivity index (χ4n) is 3.89. The SMILES string of the molecule is O=C(/C=C/c1ccco1)Nc1ccc(N2CCN(C(=O)c3cc4ccccc4o3)CC2)cc1. The summed E-state index contributed by atoms with van der Waals surface area (Å²) in [5.41, 5.74) is 2.49. The average molecular weight is 441 g/mol. The van der Waals surface area contributed by atoms with Crippen LogP contribution < -0.4 is 10.2 Å². The second-order valence-corrected chi connectivity index (χ2v) is 7.81. The topological polar surface area (TPSA) is 78.9 Å². The van der Waals surface area contributed by atoms with Gasteiger partial charge in [0.2, 0.25) is 5.91 Å². The Morgan fingerprint density at radius 1 is 0.909 bits per heavy atom. The highest BCUT2D eigenvalue weighted by atomic mass is 16.3. The van der Waals surface area contributed by atoms with Gasteiger partial charge in [0.1, 0.15) is 11.3 Å². The fourth-order valence-corrected chi connectivity index (χ4v) is 3.89. The Morgan fingerprint density at radius 3 is 2.42 bits per heavy atom. The van der Waals surface area contributed by atoms with Gasteiger partial charge >= 0.3 is 0 Å². The second kappa shape index (κ2) is 9.08. The number of carbonyl (C=O) groups is 2. The molecule has 2 amide bonds. The van der Waals surface area contributed by atoms with E-state index in [2.05, 4.69) is 10.2 Å². The molecular formula is C26H23N3O4. The number of hydrogen-bond donors (Lipinski definition) is 1. The lowest BCUT2D eigenvalue weighted by Crippen LogP contribution is -2.48. The van der Waals surface area contributed by atoms with Crippen LogP contribution in [0.4, 0.5) is 11.4 Å².